The SMILES string of the molecule is CCc1cc(Cl)ccc1N=CN(C)SN(C)C=Nc1ccc(Cl)cc1CC. The Kier molecular flexibility index (Phi) is 8.48. The van der Waals surface area contributed by atoms with E-state index in [1.165, 1.54) is 12.1 Å². The maximum absolute atomic E-state index is 6.05. The summed E-state index contributed by atoms with van der Waals surface area (Å²) in [5.41, 5.74) is 4.11. The molecule has 0 aliphatic carbocycles. The van der Waals surface area contributed by atoms with Crippen molar-refractivity contribution < 1.29 is 0 Å². The lowest BCUT2D eigenvalue weighted by atomic mass is 10.1. The molecule has 2 aromatic carbocycles. The van der Waals surface area contributed by atoms with Crippen LogP contribution in [0.25, 0.3) is 0 Å². The van der Waals surface area contributed by atoms with Crippen LogP contribution in [-0.4, -0.2) is 35.4 Å². The Labute approximate surface area is 176 Å². The third kappa shape index (κ3) is 6.76. The van der Waals surface area contributed by atoms with Crippen LogP contribution in [-0.2, 0) is 12.8 Å². The van der Waals surface area contributed by atoms with Crippen LogP contribution in [0.4, 0.5) is 11.4 Å². The number of aliphatic imine (C=N–C) groups is 2. The van der Waals surface area contributed by atoms with E-state index in [1.807, 2.05) is 59.1 Å². The molecule has 0 heterocycles. The smallest absolute Gasteiger partial charge is 0.102 e. The predicted octanol–water partition coefficient (Wildman–Crippen LogP) is 6.56. The molecule has 2 aromatic rings. The maximum atomic E-state index is 6.05. The first-order valence-electron chi connectivity index (χ1n) is 8.71. The van der Waals surface area contributed by atoms with Crippen LogP contribution in [0.5, 0.6) is 0 Å². The molecule has 144 valence electrons. The van der Waals surface area contributed by atoms with Gasteiger partial charge in [0.2, 0.25) is 0 Å². The lowest BCUT2D eigenvalue weighted by molar-refractivity contribution is 0.779. The molecule has 0 spiro atoms. The van der Waals surface area contributed by atoms with Crippen molar-refractivity contribution in [3.63, 3.8) is 0 Å². The molecule has 0 aliphatic heterocycles. The number of hydrogen-bond acceptors (Lipinski definition) is 3. The zero-order valence-corrected chi connectivity index (χ0v) is 18.3. The summed E-state index contributed by atoms with van der Waals surface area (Å²) < 4.78 is 3.84. The Bertz CT molecular complexity index is 756. The van der Waals surface area contributed by atoms with Crippen molar-refractivity contribution in [3.05, 3.63) is 57.6 Å². The second-order valence-electron chi connectivity index (χ2n) is 5.92. The highest BCUT2D eigenvalue weighted by Crippen LogP contribution is 2.25. The molecule has 0 N–H and O–H groups in total. The Hall–Kier alpha value is -1.69. The molecule has 27 heavy (non-hydrogen) atoms. The molecule has 0 fully saturated rings. The monoisotopic (exact) mass is 422 g/mol. The fourth-order valence-electron chi connectivity index (χ4n) is 2.46. The summed E-state index contributed by atoms with van der Waals surface area (Å²) in [4.78, 5) is 9.12. The molecule has 4 nitrogen and oxygen atoms in total. The summed E-state index contributed by atoms with van der Waals surface area (Å²) >= 11 is 13.6. The van der Waals surface area contributed by atoms with Gasteiger partial charge in [-0.3, -0.25) is 8.61 Å². The van der Waals surface area contributed by atoms with Crippen LogP contribution in [0.2, 0.25) is 10.0 Å². The number of halogens is 2. The highest BCUT2D eigenvalue weighted by molar-refractivity contribution is 7.95. The van der Waals surface area contributed by atoms with Gasteiger partial charge in [-0.05, 0) is 60.4 Å². The Morgan fingerprint density at radius 1 is 0.815 bits per heavy atom. The molecule has 0 radical (unpaired) electrons. The molecule has 0 saturated carbocycles. The number of aryl methyl sites for hydroxylation is 2. The van der Waals surface area contributed by atoms with Crippen LogP contribution in [0.1, 0.15) is 25.0 Å². The maximum Gasteiger partial charge on any atom is 0.102 e. The van der Waals surface area contributed by atoms with Crippen LogP contribution >= 0.6 is 35.3 Å². The lowest BCUT2D eigenvalue weighted by Crippen LogP contribution is -2.16. The number of nitrogens with zero attached hydrogens (tertiary/aromatic N) is 4. The van der Waals surface area contributed by atoms with Crippen LogP contribution < -0.4 is 0 Å². The first-order valence-corrected chi connectivity index (χ1v) is 10.2. The fourth-order valence-corrected chi connectivity index (χ4v) is 3.43. The highest BCUT2D eigenvalue weighted by atomic mass is 35.5. The first kappa shape index (κ1) is 21.6. The van der Waals surface area contributed by atoms with Gasteiger partial charge in [-0.25, -0.2) is 9.98 Å². The van der Waals surface area contributed by atoms with Crippen molar-refractivity contribution in [2.45, 2.75) is 26.7 Å². The van der Waals surface area contributed by atoms with Crippen LogP contribution in [0.15, 0.2) is 46.4 Å². The Morgan fingerprint density at radius 2 is 1.22 bits per heavy atom. The fraction of sp³-hybridized carbons (Fsp3) is 0.300. The largest absolute Gasteiger partial charge is 0.292 e. The number of benzene rings is 2. The van der Waals surface area contributed by atoms with Crippen LogP contribution in [0, 0.1) is 0 Å². The molecule has 2 rings (SSSR count). The summed E-state index contributed by atoms with van der Waals surface area (Å²) in [6, 6.07) is 11.5. The summed E-state index contributed by atoms with van der Waals surface area (Å²) in [7, 11) is 3.89. The van der Waals surface area contributed by atoms with E-state index in [4.69, 9.17) is 23.2 Å². The molecular formula is C20H24Cl2N4S. The third-order valence-electron chi connectivity index (χ3n) is 3.82. The minimum Gasteiger partial charge on any atom is -0.292 e. The van der Waals surface area contributed by atoms with E-state index in [9.17, 15) is 0 Å². The molecule has 7 heteroatoms. The van der Waals surface area contributed by atoms with E-state index >= 15 is 0 Å². The van der Waals surface area contributed by atoms with Gasteiger partial charge < -0.3 is 0 Å². The van der Waals surface area contributed by atoms with Crippen molar-refractivity contribution in [1.29, 1.82) is 0 Å². The minimum absolute atomic E-state index is 0.734. The normalized spacial score (nSPS) is 11.5. The van der Waals surface area contributed by atoms with E-state index in [1.54, 1.807) is 12.7 Å². The van der Waals surface area contributed by atoms with Crippen molar-refractivity contribution in [2.75, 3.05) is 14.1 Å². The van der Waals surface area contributed by atoms with Gasteiger partial charge in [-0.15, -0.1) is 0 Å². The molecule has 0 unspecified atom stereocenters. The Balaban J connectivity index is 1.98. The second kappa shape index (κ2) is 10.6. The van der Waals surface area contributed by atoms with Gasteiger partial charge in [0.1, 0.15) is 12.7 Å². The number of hydrogen-bond donors (Lipinski definition) is 0. The van der Waals surface area contributed by atoms with Crippen LogP contribution in [0.3, 0.4) is 0 Å². The van der Waals surface area contributed by atoms with Gasteiger partial charge >= 0.3 is 0 Å². The van der Waals surface area contributed by atoms with E-state index in [0.29, 0.717) is 0 Å². The molecule has 0 saturated heterocycles. The van der Waals surface area contributed by atoms with Crippen molar-refractivity contribution in [3.8, 4) is 0 Å². The van der Waals surface area contributed by atoms with Gasteiger partial charge in [-0.1, -0.05) is 37.0 Å². The van der Waals surface area contributed by atoms with Crippen molar-refractivity contribution in [2.24, 2.45) is 9.98 Å². The van der Waals surface area contributed by atoms with E-state index < -0.39 is 0 Å². The van der Waals surface area contributed by atoms with Gasteiger partial charge in [0.25, 0.3) is 0 Å². The zero-order chi connectivity index (χ0) is 19.8. The molecule has 0 aliphatic rings. The lowest BCUT2D eigenvalue weighted by Gasteiger charge is -2.18. The summed E-state index contributed by atoms with van der Waals surface area (Å²) in [6.45, 7) is 4.18. The van der Waals surface area contributed by atoms with Gasteiger partial charge in [-0.2, -0.15) is 0 Å². The second-order valence-corrected chi connectivity index (χ2v) is 8.10. The van der Waals surface area contributed by atoms with Crippen molar-refractivity contribution in [1.82, 2.24) is 8.61 Å². The predicted molar refractivity (Wildman–Crippen MR) is 121 cm³/mol. The van der Waals surface area contributed by atoms with Crippen molar-refractivity contribution >= 4 is 59.4 Å². The van der Waals surface area contributed by atoms with Gasteiger partial charge in [0.15, 0.2) is 0 Å². The minimum atomic E-state index is 0.734. The molecule has 0 aromatic heterocycles. The van der Waals surface area contributed by atoms with E-state index in [0.717, 1.165) is 45.4 Å². The van der Waals surface area contributed by atoms with E-state index in [-0.39, 0.29) is 0 Å². The summed E-state index contributed by atoms with van der Waals surface area (Å²) in [5.74, 6) is 0. The quantitative estimate of drug-likeness (QED) is 0.274. The summed E-state index contributed by atoms with van der Waals surface area (Å²) in [6.07, 6.45) is 5.35. The average Bonchev–Trinajstić information content (AvgIpc) is 2.65. The highest BCUT2D eigenvalue weighted by Gasteiger charge is 2.03. The third-order valence-corrected chi connectivity index (χ3v) is 5.00. The molecular weight excluding hydrogens is 399 g/mol. The first-order chi connectivity index (χ1) is 12.9. The molecule has 0 amide bonds. The van der Waals surface area contributed by atoms with Gasteiger partial charge in [0.05, 0.1) is 23.5 Å². The van der Waals surface area contributed by atoms with Gasteiger partial charge in [0, 0.05) is 24.1 Å². The number of rotatable bonds is 8. The van der Waals surface area contributed by atoms with E-state index in [2.05, 4.69) is 23.8 Å². The standard InChI is InChI=1S/C20H24Cl2N4S/c1-5-15-11-17(21)7-9-19(15)23-13-25(3)27-26(4)14-24-20-10-8-18(22)12-16(20)6-2/h7-14H,5-6H2,1-4H3. The summed E-state index contributed by atoms with van der Waals surface area (Å²) in [5, 5.41) is 1.47. The Morgan fingerprint density at radius 3 is 1.59 bits per heavy atom. The zero-order valence-electron chi connectivity index (χ0n) is 16.0. The molecule has 0 bridgehead atoms. The average molecular weight is 423 g/mol. The molecule has 0 atom stereocenters. The topological polar surface area (TPSA) is 31.2 Å².